The van der Waals surface area contributed by atoms with E-state index in [0.29, 0.717) is 23.8 Å². The molecule has 0 radical (unpaired) electrons. The Balaban J connectivity index is 1.36. The normalized spacial score (nSPS) is 17.1. The predicted octanol–water partition coefficient (Wildman–Crippen LogP) is 5.57. The molecule has 37 heavy (non-hydrogen) atoms. The number of aromatic nitrogens is 3. The minimum atomic E-state index is 0.381. The molecule has 3 aromatic rings. The molecule has 1 aromatic carbocycles. The number of pyridine rings is 1. The summed E-state index contributed by atoms with van der Waals surface area (Å²) < 4.78 is 5.59. The Hall–Kier alpha value is -3.19. The van der Waals surface area contributed by atoms with E-state index in [-0.39, 0.29) is 0 Å². The molecule has 1 saturated heterocycles. The number of benzene rings is 1. The quantitative estimate of drug-likeness (QED) is 0.389. The first kappa shape index (κ1) is 26.9. The maximum Gasteiger partial charge on any atom is 0.129 e. The highest BCUT2D eigenvalue weighted by Gasteiger charge is 2.23. The van der Waals surface area contributed by atoms with E-state index in [1.54, 1.807) is 13.4 Å². The molecule has 198 valence electrons. The maximum absolute atomic E-state index is 5.59. The maximum atomic E-state index is 5.59. The lowest BCUT2D eigenvalue weighted by molar-refractivity contribution is 0.252. The lowest BCUT2D eigenvalue weighted by Crippen LogP contribution is -2.42. The molecule has 0 spiro atoms. The van der Waals surface area contributed by atoms with Crippen LogP contribution >= 0.6 is 0 Å². The Labute approximate surface area is 222 Å². The molecule has 1 fully saturated rings. The van der Waals surface area contributed by atoms with E-state index in [1.807, 2.05) is 24.4 Å². The van der Waals surface area contributed by atoms with Gasteiger partial charge in [0.2, 0.25) is 0 Å². The van der Waals surface area contributed by atoms with Gasteiger partial charge in [0.1, 0.15) is 23.7 Å². The first-order valence-corrected chi connectivity index (χ1v) is 13.4. The number of likely N-dealkylation sites (tertiary alicyclic amines) is 1. The molecule has 3 heterocycles. The molecule has 2 aromatic heterocycles. The zero-order valence-electron chi connectivity index (χ0n) is 23.2. The van der Waals surface area contributed by atoms with Crippen LogP contribution in [0.15, 0.2) is 55.0 Å². The summed E-state index contributed by atoms with van der Waals surface area (Å²) in [5.74, 6) is 4.09. The molecular formula is C30H42N6O. The Morgan fingerprint density at radius 3 is 2.51 bits per heavy atom. The van der Waals surface area contributed by atoms with E-state index >= 15 is 0 Å². The van der Waals surface area contributed by atoms with Gasteiger partial charge in [0, 0.05) is 37.5 Å². The molecule has 0 bridgehead atoms. The van der Waals surface area contributed by atoms with E-state index < -0.39 is 0 Å². The molecule has 7 nitrogen and oxygen atoms in total. The Kier molecular flexibility index (Phi) is 8.98. The SMILES string of the molecule is COc1ccccc1C(C)[C@H](C)C(C)CNc1cc(-c2ccc(N(C)C3CCN(C)CC3)nc2)ncn1. The third-order valence-corrected chi connectivity index (χ3v) is 8.23. The molecule has 7 heteroatoms. The summed E-state index contributed by atoms with van der Waals surface area (Å²) in [5, 5.41) is 3.53. The average Bonchev–Trinajstić information content (AvgIpc) is 2.95. The monoisotopic (exact) mass is 502 g/mol. The molecule has 0 amide bonds. The summed E-state index contributed by atoms with van der Waals surface area (Å²) in [5.41, 5.74) is 3.13. The van der Waals surface area contributed by atoms with Crippen molar-refractivity contribution in [3.05, 3.63) is 60.6 Å². The van der Waals surface area contributed by atoms with Crippen LogP contribution in [0.3, 0.4) is 0 Å². The Morgan fingerprint density at radius 2 is 1.81 bits per heavy atom. The summed E-state index contributed by atoms with van der Waals surface area (Å²) >= 11 is 0. The van der Waals surface area contributed by atoms with Crippen LogP contribution in [-0.2, 0) is 0 Å². The molecule has 2 unspecified atom stereocenters. The van der Waals surface area contributed by atoms with Crippen molar-refractivity contribution in [2.75, 3.05) is 51.1 Å². The first-order chi connectivity index (χ1) is 17.9. The highest BCUT2D eigenvalue weighted by atomic mass is 16.5. The van der Waals surface area contributed by atoms with E-state index in [4.69, 9.17) is 9.72 Å². The highest BCUT2D eigenvalue weighted by Crippen LogP contribution is 2.35. The van der Waals surface area contributed by atoms with Gasteiger partial charge in [0.25, 0.3) is 0 Å². The Bertz CT molecular complexity index is 1130. The zero-order chi connectivity index (χ0) is 26.4. The predicted molar refractivity (Wildman–Crippen MR) is 152 cm³/mol. The molecule has 3 atom stereocenters. The molecule has 1 aliphatic heterocycles. The van der Waals surface area contributed by atoms with Gasteiger partial charge in [-0.1, -0.05) is 39.0 Å². The van der Waals surface area contributed by atoms with Gasteiger partial charge in [-0.05, 0) is 74.5 Å². The molecule has 1 N–H and O–H groups in total. The van der Waals surface area contributed by atoms with Crippen LogP contribution in [0.25, 0.3) is 11.3 Å². The highest BCUT2D eigenvalue weighted by molar-refractivity contribution is 5.62. The van der Waals surface area contributed by atoms with Gasteiger partial charge in [-0.15, -0.1) is 0 Å². The van der Waals surface area contributed by atoms with Crippen molar-refractivity contribution in [1.82, 2.24) is 19.9 Å². The van der Waals surface area contributed by atoms with Gasteiger partial charge in [0.05, 0.1) is 12.8 Å². The van der Waals surface area contributed by atoms with Crippen molar-refractivity contribution in [1.29, 1.82) is 0 Å². The first-order valence-electron chi connectivity index (χ1n) is 13.4. The number of rotatable bonds is 10. The van der Waals surface area contributed by atoms with Gasteiger partial charge in [-0.25, -0.2) is 15.0 Å². The summed E-state index contributed by atoms with van der Waals surface area (Å²) in [6, 6.07) is 15.1. The van der Waals surface area contributed by atoms with Gasteiger partial charge in [-0.2, -0.15) is 0 Å². The van der Waals surface area contributed by atoms with Gasteiger partial charge >= 0.3 is 0 Å². The minimum absolute atomic E-state index is 0.381. The van der Waals surface area contributed by atoms with Crippen molar-refractivity contribution in [2.24, 2.45) is 11.8 Å². The molecule has 4 rings (SSSR count). The second-order valence-corrected chi connectivity index (χ2v) is 10.6. The third-order valence-electron chi connectivity index (χ3n) is 8.23. The van der Waals surface area contributed by atoms with Crippen LogP contribution in [0, 0.1) is 11.8 Å². The third kappa shape index (κ3) is 6.58. The second kappa shape index (κ2) is 12.4. The molecule has 1 aliphatic rings. The number of anilines is 2. The summed E-state index contributed by atoms with van der Waals surface area (Å²) in [4.78, 5) is 18.4. The lowest BCUT2D eigenvalue weighted by Gasteiger charge is -2.35. The number of ether oxygens (including phenoxy) is 1. The topological polar surface area (TPSA) is 66.4 Å². The molecule has 0 saturated carbocycles. The van der Waals surface area contributed by atoms with E-state index in [2.05, 4.69) is 84.2 Å². The van der Waals surface area contributed by atoms with E-state index in [0.717, 1.165) is 48.3 Å². The van der Waals surface area contributed by atoms with E-state index in [1.165, 1.54) is 18.4 Å². The molecular weight excluding hydrogens is 460 g/mol. The van der Waals surface area contributed by atoms with Crippen molar-refractivity contribution in [2.45, 2.75) is 45.6 Å². The van der Waals surface area contributed by atoms with Crippen molar-refractivity contribution >= 4 is 11.6 Å². The number of piperidine rings is 1. The lowest BCUT2D eigenvalue weighted by atomic mass is 9.80. The number of hydrogen-bond donors (Lipinski definition) is 1. The van der Waals surface area contributed by atoms with Crippen molar-refractivity contribution in [3.8, 4) is 17.0 Å². The van der Waals surface area contributed by atoms with Gasteiger partial charge in [0.15, 0.2) is 0 Å². The number of hydrogen-bond acceptors (Lipinski definition) is 7. The zero-order valence-corrected chi connectivity index (χ0v) is 23.2. The second-order valence-electron chi connectivity index (χ2n) is 10.6. The molecule has 0 aliphatic carbocycles. The van der Waals surface area contributed by atoms with Crippen LogP contribution in [0.5, 0.6) is 5.75 Å². The van der Waals surface area contributed by atoms with Crippen LogP contribution in [0.4, 0.5) is 11.6 Å². The number of nitrogens with one attached hydrogen (secondary N) is 1. The number of methoxy groups -OCH3 is 1. The Morgan fingerprint density at radius 1 is 1.05 bits per heavy atom. The summed E-state index contributed by atoms with van der Waals surface area (Å²) in [6.45, 7) is 9.99. The summed E-state index contributed by atoms with van der Waals surface area (Å²) in [7, 11) is 6.09. The van der Waals surface area contributed by atoms with Crippen LogP contribution in [-0.4, -0.2) is 66.7 Å². The smallest absolute Gasteiger partial charge is 0.129 e. The van der Waals surface area contributed by atoms with Crippen LogP contribution in [0.1, 0.15) is 45.1 Å². The van der Waals surface area contributed by atoms with Crippen LogP contribution < -0.4 is 15.0 Å². The summed E-state index contributed by atoms with van der Waals surface area (Å²) in [6.07, 6.45) is 5.90. The minimum Gasteiger partial charge on any atom is -0.496 e. The fourth-order valence-corrected chi connectivity index (χ4v) is 5.20. The van der Waals surface area contributed by atoms with Crippen LogP contribution in [0.2, 0.25) is 0 Å². The van der Waals surface area contributed by atoms with Gasteiger partial charge in [-0.3, -0.25) is 0 Å². The van der Waals surface area contributed by atoms with E-state index in [9.17, 15) is 0 Å². The fourth-order valence-electron chi connectivity index (χ4n) is 5.20. The number of para-hydroxylation sites is 1. The van der Waals surface area contributed by atoms with Gasteiger partial charge < -0.3 is 19.9 Å². The average molecular weight is 503 g/mol. The van der Waals surface area contributed by atoms with Crippen molar-refractivity contribution < 1.29 is 4.74 Å². The number of nitrogens with zero attached hydrogens (tertiary/aromatic N) is 5. The largest absolute Gasteiger partial charge is 0.496 e. The standard InChI is InChI=1S/C30H42N6O/c1-21(22(2)23(3)26-9-7-8-10-28(26)37-6)18-31-29-17-27(33-20-34-29)24-11-12-30(32-19-24)36(5)25-13-15-35(4)16-14-25/h7-12,17,19-23,25H,13-16,18H2,1-6H3,(H,31,33,34)/t21?,22-,23?/m1/s1. The van der Waals surface area contributed by atoms with Crippen molar-refractivity contribution in [3.63, 3.8) is 0 Å². The fraction of sp³-hybridized carbons (Fsp3) is 0.500.